The molecule has 0 saturated carbocycles. The summed E-state index contributed by atoms with van der Waals surface area (Å²) in [5.41, 5.74) is -0.450. The second kappa shape index (κ2) is 6.07. The van der Waals surface area contributed by atoms with Crippen molar-refractivity contribution in [3.63, 3.8) is 0 Å². The molecule has 1 unspecified atom stereocenters. The van der Waals surface area contributed by atoms with E-state index in [-0.39, 0.29) is 11.6 Å². The first-order valence-corrected chi connectivity index (χ1v) is 7.06. The van der Waals surface area contributed by atoms with Gasteiger partial charge in [-0.05, 0) is 25.0 Å². The fraction of sp³-hybridized carbons (Fsp3) is 0.571. The average molecular weight is 292 g/mol. The Labute approximate surface area is 123 Å². The van der Waals surface area contributed by atoms with E-state index in [1.807, 2.05) is 11.8 Å². The maximum Gasteiger partial charge on any atom is 0.311 e. The average Bonchev–Trinajstić information content (AvgIpc) is 2.93. The van der Waals surface area contributed by atoms with Crippen LogP contribution in [0.2, 0.25) is 0 Å². The smallest absolute Gasteiger partial charge is 0.311 e. The van der Waals surface area contributed by atoms with Crippen LogP contribution in [-0.2, 0) is 4.79 Å². The quantitative estimate of drug-likeness (QED) is 0.838. The van der Waals surface area contributed by atoms with Gasteiger partial charge in [0, 0.05) is 20.1 Å². The van der Waals surface area contributed by atoms with Crippen LogP contribution in [0.5, 0.6) is 0 Å². The van der Waals surface area contributed by atoms with Gasteiger partial charge in [-0.1, -0.05) is 13.3 Å². The molecule has 7 heteroatoms. The molecule has 1 aliphatic heterocycles. The molecule has 21 heavy (non-hydrogen) atoms. The highest BCUT2D eigenvalue weighted by molar-refractivity contribution is 5.91. The van der Waals surface area contributed by atoms with Gasteiger partial charge in [-0.2, -0.15) is 0 Å². The number of hydrogen-bond donors (Lipinski definition) is 2. The molecule has 0 spiro atoms. The zero-order valence-corrected chi connectivity index (χ0v) is 12.3. The summed E-state index contributed by atoms with van der Waals surface area (Å²) in [4.78, 5) is 24.9. The number of nitrogens with one attached hydrogen (secondary N) is 1. The van der Waals surface area contributed by atoms with Crippen molar-refractivity contribution in [3.05, 3.63) is 17.8 Å². The number of amides is 1. The molecular weight excluding hydrogens is 272 g/mol. The lowest BCUT2D eigenvalue weighted by molar-refractivity contribution is -0.148. The van der Waals surface area contributed by atoms with E-state index in [9.17, 15) is 14.7 Å². The zero-order chi connectivity index (χ0) is 15.5. The normalized spacial score (nSPS) is 21.3. The minimum Gasteiger partial charge on any atom is -0.481 e. The number of carboxylic acid groups (broad SMARTS) is 1. The highest BCUT2D eigenvalue weighted by Crippen LogP contribution is 2.37. The minimum atomic E-state index is -0.748. The number of nitrogens with zero attached hydrogens (tertiary/aromatic N) is 3. The number of aromatic nitrogens is 2. The van der Waals surface area contributed by atoms with Crippen LogP contribution in [0.4, 0.5) is 5.82 Å². The van der Waals surface area contributed by atoms with Crippen molar-refractivity contribution in [2.45, 2.75) is 26.2 Å². The van der Waals surface area contributed by atoms with Gasteiger partial charge in [-0.15, -0.1) is 10.2 Å². The summed E-state index contributed by atoms with van der Waals surface area (Å²) in [5.74, 6) is -0.426. The molecule has 114 valence electrons. The Kier molecular flexibility index (Phi) is 4.40. The van der Waals surface area contributed by atoms with Crippen molar-refractivity contribution in [3.8, 4) is 0 Å². The van der Waals surface area contributed by atoms with E-state index in [0.717, 1.165) is 6.42 Å². The molecule has 0 aliphatic carbocycles. The van der Waals surface area contributed by atoms with Crippen LogP contribution in [0, 0.1) is 5.41 Å². The maximum absolute atomic E-state index is 11.6. The molecule has 1 fully saturated rings. The number of anilines is 1. The van der Waals surface area contributed by atoms with Crippen LogP contribution in [0.1, 0.15) is 36.7 Å². The van der Waals surface area contributed by atoms with Crippen LogP contribution in [0.15, 0.2) is 12.1 Å². The van der Waals surface area contributed by atoms with E-state index in [0.29, 0.717) is 31.7 Å². The minimum absolute atomic E-state index is 0.249. The van der Waals surface area contributed by atoms with E-state index < -0.39 is 11.4 Å². The van der Waals surface area contributed by atoms with Gasteiger partial charge in [0.1, 0.15) is 0 Å². The molecule has 7 nitrogen and oxygen atoms in total. The lowest BCUT2D eigenvalue weighted by Gasteiger charge is -2.24. The van der Waals surface area contributed by atoms with Crippen LogP contribution in [0.3, 0.4) is 0 Å². The van der Waals surface area contributed by atoms with Crippen molar-refractivity contribution >= 4 is 17.7 Å². The molecule has 1 aliphatic rings. The molecule has 2 heterocycles. The first-order chi connectivity index (χ1) is 10.0. The number of aliphatic carboxylic acids is 1. The Balaban J connectivity index is 2.13. The highest BCUT2D eigenvalue weighted by atomic mass is 16.4. The summed E-state index contributed by atoms with van der Waals surface area (Å²) in [6, 6.07) is 3.31. The lowest BCUT2D eigenvalue weighted by atomic mass is 9.83. The molecule has 1 aromatic heterocycles. The van der Waals surface area contributed by atoms with Crippen molar-refractivity contribution in [2.24, 2.45) is 5.41 Å². The van der Waals surface area contributed by atoms with E-state index >= 15 is 0 Å². The summed E-state index contributed by atoms with van der Waals surface area (Å²) in [5, 5.41) is 19.9. The summed E-state index contributed by atoms with van der Waals surface area (Å²) in [6.07, 6.45) is 2.10. The van der Waals surface area contributed by atoms with Gasteiger partial charge >= 0.3 is 5.97 Å². The number of hydrogen-bond acceptors (Lipinski definition) is 5. The van der Waals surface area contributed by atoms with Gasteiger partial charge in [0.05, 0.1) is 5.41 Å². The highest BCUT2D eigenvalue weighted by Gasteiger charge is 2.44. The fourth-order valence-corrected chi connectivity index (χ4v) is 2.78. The van der Waals surface area contributed by atoms with Crippen LogP contribution in [0.25, 0.3) is 0 Å². The van der Waals surface area contributed by atoms with Crippen molar-refractivity contribution in [1.29, 1.82) is 0 Å². The standard InChI is InChI=1S/C14H20N4O3/c1-3-6-14(13(20)21)7-8-18(9-14)11-5-4-10(16-17-11)12(19)15-2/h4-5H,3,6-9H2,1-2H3,(H,15,19)(H,20,21). The Bertz CT molecular complexity index is 532. The lowest BCUT2D eigenvalue weighted by Crippen LogP contribution is -2.35. The van der Waals surface area contributed by atoms with Crippen LogP contribution in [-0.4, -0.2) is 47.3 Å². The number of rotatable bonds is 5. The third-order valence-corrected chi connectivity index (χ3v) is 3.97. The van der Waals surface area contributed by atoms with Gasteiger partial charge in [0.2, 0.25) is 0 Å². The molecule has 2 N–H and O–H groups in total. The molecular formula is C14H20N4O3. The van der Waals surface area contributed by atoms with Gasteiger partial charge in [-0.25, -0.2) is 0 Å². The van der Waals surface area contributed by atoms with Gasteiger partial charge in [0.15, 0.2) is 11.5 Å². The maximum atomic E-state index is 11.6. The molecule has 1 aromatic rings. The summed E-state index contributed by atoms with van der Waals surface area (Å²) < 4.78 is 0. The summed E-state index contributed by atoms with van der Waals surface area (Å²) in [7, 11) is 1.53. The second-order valence-electron chi connectivity index (χ2n) is 5.36. The van der Waals surface area contributed by atoms with E-state index in [1.165, 1.54) is 7.05 Å². The van der Waals surface area contributed by atoms with Gasteiger partial charge < -0.3 is 15.3 Å². The predicted octanol–water partition coefficient (Wildman–Crippen LogP) is 0.917. The molecule has 1 amide bonds. The molecule has 1 atom stereocenters. The van der Waals surface area contributed by atoms with Gasteiger partial charge in [0.25, 0.3) is 5.91 Å². The number of carbonyl (C=O) groups excluding carboxylic acids is 1. The summed E-state index contributed by atoms with van der Waals surface area (Å²) >= 11 is 0. The third-order valence-electron chi connectivity index (χ3n) is 3.97. The Hall–Kier alpha value is -2.18. The number of carbonyl (C=O) groups is 2. The first kappa shape index (κ1) is 15.2. The summed E-state index contributed by atoms with van der Waals surface area (Å²) in [6.45, 7) is 3.07. The van der Waals surface area contributed by atoms with Gasteiger partial charge in [-0.3, -0.25) is 9.59 Å². The van der Waals surface area contributed by atoms with Crippen molar-refractivity contribution in [1.82, 2.24) is 15.5 Å². The SMILES string of the molecule is CCCC1(C(=O)O)CCN(c2ccc(C(=O)NC)nn2)C1. The predicted molar refractivity (Wildman–Crippen MR) is 77.2 cm³/mol. The zero-order valence-electron chi connectivity index (χ0n) is 12.3. The van der Waals surface area contributed by atoms with E-state index in [2.05, 4.69) is 15.5 Å². The van der Waals surface area contributed by atoms with Crippen LogP contribution >= 0.6 is 0 Å². The topological polar surface area (TPSA) is 95.4 Å². The van der Waals surface area contributed by atoms with Crippen LogP contribution < -0.4 is 10.2 Å². The third kappa shape index (κ3) is 2.96. The van der Waals surface area contributed by atoms with E-state index in [1.54, 1.807) is 12.1 Å². The Morgan fingerprint density at radius 2 is 2.19 bits per heavy atom. The Morgan fingerprint density at radius 1 is 1.43 bits per heavy atom. The Morgan fingerprint density at radius 3 is 2.71 bits per heavy atom. The first-order valence-electron chi connectivity index (χ1n) is 7.06. The second-order valence-corrected chi connectivity index (χ2v) is 5.36. The molecule has 1 saturated heterocycles. The molecule has 2 rings (SSSR count). The number of carboxylic acids is 1. The molecule has 0 aromatic carbocycles. The monoisotopic (exact) mass is 292 g/mol. The molecule has 0 radical (unpaired) electrons. The largest absolute Gasteiger partial charge is 0.481 e. The van der Waals surface area contributed by atoms with Crippen molar-refractivity contribution < 1.29 is 14.7 Å². The fourth-order valence-electron chi connectivity index (χ4n) is 2.78. The van der Waals surface area contributed by atoms with Crippen molar-refractivity contribution in [2.75, 3.05) is 25.0 Å². The van der Waals surface area contributed by atoms with E-state index in [4.69, 9.17) is 0 Å². The molecule has 0 bridgehead atoms.